The Bertz CT molecular complexity index is 565. The fourth-order valence-electron chi connectivity index (χ4n) is 1.99. The molecule has 0 aliphatic heterocycles. The van der Waals surface area contributed by atoms with Gasteiger partial charge in [0.1, 0.15) is 0 Å². The van der Waals surface area contributed by atoms with Crippen LogP contribution in [0.25, 0.3) is 0 Å². The molecule has 1 heterocycles. The molecule has 0 saturated heterocycles. The van der Waals surface area contributed by atoms with E-state index in [-0.39, 0.29) is 5.91 Å². The van der Waals surface area contributed by atoms with Crippen molar-refractivity contribution in [3.8, 4) is 0 Å². The third kappa shape index (κ3) is 5.38. The van der Waals surface area contributed by atoms with E-state index in [2.05, 4.69) is 16.4 Å². The van der Waals surface area contributed by atoms with E-state index < -0.39 is 0 Å². The number of aromatic nitrogens is 1. The predicted octanol–water partition coefficient (Wildman–Crippen LogP) is 3.70. The van der Waals surface area contributed by atoms with Gasteiger partial charge in [-0.2, -0.15) is 0 Å². The number of nitrogens with zero attached hydrogens (tertiary/aromatic N) is 1. The van der Waals surface area contributed by atoms with Crippen molar-refractivity contribution in [1.29, 1.82) is 0 Å². The minimum atomic E-state index is -0.0367. The first kappa shape index (κ1) is 16.9. The molecular formula is C18H24N2O. The van der Waals surface area contributed by atoms with E-state index in [9.17, 15) is 4.79 Å². The number of nitrogens with one attached hydrogen (secondary N) is 1. The van der Waals surface area contributed by atoms with Crippen LogP contribution in [0, 0.1) is 13.8 Å². The summed E-state index contributed by atoms with van der Waals surface area (Å²) in [5.41, 5.74) is 4.07. The lowest BCUT2D eigenvalue weighted by Crippen LogP contribution is -2.26. The van der Waals surface area contributed by atoms with Crippen molar-refractivity contribution in [2.45, 2.75) is 34.1 Å². The lowest BCUT2D eigenvalue weighted by molar-refractivity contribution is 0.0954. The van der Waals surface area contributed by atoms with Gasteiger partial charge in [-0.1, -0.05) is 38.1 Å². The molecule has 0 bridgehead atoms. The van der Waals surface area contributed by atoms with Gasteiger partial charge in [0.25, 0.3) is 5.91 Å². The maximum Gasteiger partial charge on any atom is 0.251 e. The van der Waals surface area contributed by atoms with E-state index in [4.69, 9.17) is 0 Å². The average Bonchev–Trinajstić information content (AvgIpc) is 2.52. The zero-order valence-electron chi connectivity index (χ0n) is 13.3. The summed E-state index contributed by atoms with van der Waals surface area (Å²) in [6, 6.07) is 11.4. The molecule has 1 aromatic carbocycles. The number of carbonyl (C=O) groups is 1. The Hall–Kier alpha value is -2.16. The second-order valence-electron chi connectivity index (χ2n) is 4.65. The highest BCUT2D eigenvalue weighted by atomic mass is 16.1. The minimum Gasteiger partial charge on any atom is -0.352 e. The lowest BCUT2D eigenvalue weighted by Gasteiger charge is -2.07. The number of rotatable bonds is 4. The molecule has 1 aromatic heterocycles. The molecule has 0 unspecified atom stereocenters. The summed E-state index contributed by atoms with van der Waals surface area (Å²) >= 11 is 0. The number of aryl methyl sites for hydroxylation is 2. The van der Waals surface area contributed by atoms with Crippen LogP contribution in [0.1, 0.15) is 41.0 Å². The molecule has 3 heteroatoms. The molecule has 0 fully saturated rings. The van der Waals surface area contributed by atoms with E-state index >= 15 is 0 Å². The second kappa shape index (κ2) is 8.90. The van der Waals surface area contributed by atoms with Crippen molar-refractivity contribution in [3.63, 3.8) is 0 Å². The Morgan fingerprint density at radius 3 is 2.43 bits per heavy atom. The van der Waals surface area contributed by atoms with Crippen LogP contribution in [0.2, 0.25) is 0 Å². The summed E-state index contributed by atoms with van der Waals surface area (Å²) in [7, 11) is 0. The minimum absolute atomic E-state index is 0.0367. The van der Waals surface area contributed by atoms with Crippen LogP contribution in [0.3, 0.4) is 0 Å². The topological polar surface area (TPSA) is 42.0 Å². The highest BCUT2D eigenvalue weighted by molar-refractivity contribution is 5.94. The molecule has 1 N–H and O–H groups in total. The number of hydrogen-bond acceptors (Lipinski definition) is 2. The molecule has 0 atom stereocenters. The van der Waals surface area contributed by atoms with Crippen molar-refractivity contribution in [2.24, 2.45) is 0 Å². The van der Waals surface area contributed by atoms with Gasteiger partial charge in [-0.3, -0.25) is 9.78 Å². The molecule has 3 nitrogen and oxygen atoms in total. The smallest absolute Gasteiger partial charge is 0.251 e. The Labute approximate surface area is 127 Å². The van der Waals surface area contributed by atoms with E-state index in [0.29, 0.717) is 12.1 Å². The number of amides is 1. The van der Waals surface area contributed by atoms with E-state index in [1.54, 1.807) is 0 Å². The zero-order chi connectivity index (χ0) is 15.7. The fraction of sp³-hybridized carbons (Fsp3) is 0.333. The molecule has 0 saturated carbocycles. The van der Waals surface area contributed by atoms with E-state index in [1.165, 1.54) is 5.56 Å². The predicted molar refractivity (Wildman–Crippen MR) is 87.5 cm³/mol. The monoisotopic (exact) mass is 284 g/mol. The van der Waals surface area contributed by atoms with Crippen LogP contribution >= 0.6 is 0 Å². The van der Waals surface area contributed by atoms with Gasteiger partial charge in [0.15, 0.2) is 0 Å². The van der Waals surface area contributed by atoms with Gasteiger partial charge in [-0.15, -0.1) is 0 Å². The number of pyridine rings is 1. The van der Waals surface area contributed by atoms with Crippen molar-refractivity contribution in [3.05, 3.63) is 65.0 Å². The third-order valence-electron chi connectivity index (χ3n) is 3.01. The fourth-order valence-corrected chi connectivity index (χ4v) is 1.99. The highest BCUT2D eigenvalue weighted by Crippen LogP contribution is 2.07. The number of hydrogen-bond donors (Lipinski definition) is 1. The standard InChI is InChI=1S/C16H18N2O.C2H6/c1-12-10-13(2)15(18-11-12)8-9-17-16(19)14-6-4-3-5-7-14;1-2/h3-7,10-11H,8-9H2,1-2H3,(H,17,19);1-2H3. The molecule has 0 spiro atoms. The van der Waals surface area contributed by atoms with Gasteiger partial charge < -0.3 is 5.32 Å². The van der Waals surface area contributed by atoms with Crippen molar-refractivity contribution in [1.82, 2.24) is 10.3 Å². The summed E-state index contributed by atoms with van der Waals surface area (Å²) in [6.45, 7) is 8.68. The molecule has 0 aliphatic carbocycles. The zero-order valence-corrected chi connectivity index (χ0v) is 13.3. The molecule has 2 rings (SSSR count). The average molecular weight is 284 g/mol. The Balaban J connectivity index is 0.00000106. The summed E-state index contributed by atoms with van der Waals surface area (Å²) in [5, 5.41) is 2.91. The number of carbonyl (C=O) groups excluding carboxylic acids is 1. The molecule has 0 aliphatic rings. The molecule has 0 radical (unpaired) electrons. The molecule has 112 valence electrons. The van der Waals surface area contributed by atoms with Gasteiger partial charge in [0.05, 0.1) is 0 Å². The lowest BCUT2D eigenvalue weighted by atomic mass is 10.1. The molecule has 21 heavy (non-hydrogen) atoms. The Kier molecular flexibility index (Phi) is 7.16. The molecular weight excluding hydrogens is 260 g/mol. The Morgan fingerprint density at radius 2 is 1.81 bits per heavy atom. The second-order valence-corrected chi connectivity index (χ2v) is 4.65. The summed E-state index contributed by atoms with van der Waals surface area (Å²) in [4.78, 5) is 16.2. The van der Waals surface area contributed by atoms with Crippen LogP contribution in [0.4, 0.5) is 0 Å². The maximum absolute atomic E-state index is 11.8. The van der Waals surface area contributed by atoms with Crippen molar-refractivity contribution < 1.29 is 4.79 Å². The largest absolute Gasteiger partial charge is 0.352 e. The summed E-state index contributed by atoms with van der Waals surface area (Å²) in [6.07, 6.45) is 2.62. The van der Waals surface area contributed by atoms with Gasteiger partial charge in [-0.05, 0) is 37.1 Å². The SMILES string of the molecule is CC.Cc1cnc(CCNC(=O)c2ccccc2)c(C)c1. The maximum atomic E-state index is 11.8. The van der Waals surface area contributed by atoms with Crippen LogP contribution < -0.4 is 5.32 Å². The normalized spacial score (nSPS) is 9.52. The quantitative estimate of drug-likeness (QED) is 0.930. The van der Waals surface area contributed by atoms with Crippen LogP contribution in [-0.4, -0.2) is 17.4 Å². The summed E-state index contributed by atoms with van der Waals surface area (Å²) < 4.78 is 0. The van der Waals surface area contributed by atoms with E-state index in [1.807, 2.05) is 64.2 Å². The summed E-state index contributed by atoms with van der Waals surface area (Å²) in [5.74, 6) is -0.0367. The first-order valence-corrected chi connectivity index (χ1v) is 7.42. The van der Waals surface area contributed by atoms with Gasteiger partial charge in [0, 0.05) is 30.4 Å². The van der Waals surface area contributed by atoms with E-state index in [0.717, 1.165) is 17.7 Å². The molecule has 2 aromatic rings. The van der Waals surface area contributed by atoms with Crippen molar-refractivity contribution in [2.75, 3.05) is 6.54 Å². The first-order chi connectivity index (χ1) is 10.2. The highest BCUT2D eigenvalue weighted by Gasteiger charge is 2.05. The Morgan fingerprint density at radius 1 is 1.14 bits per heavy atom. The third-order valence-corrected chi connectivity index (χ3v) is 3.01. The van der Waals surface area contributed by atoms with Crippen molar-refractivity contribution >= 4 is 5.91 Å². The van der Waals surface area contributed by atoms with Crippen LogP contribution in [0.15, 0.2) is 42.6 Å². The van der Waals surface area contributed by atoms with Gasteiger partial charge in [-0.25, -0.2) is 0 Å². The van der Waals surface area contributed by atoms with Gasteiger partial charge in [0.2, 0.25) is 0 Å². The molecule has 1 amide bonds. The van der Waals surface area contributed by atoms with Crippen LogP contribution in [-0.2, 0) is 6.42 Å². The van der Waals surface area contributed by atoms with Gasteiger partial charge >= 0.3 is 0 Å². The first-order valence-electron chi connectivity index (χ1n) is 7.42. The number of benzene rings is 1. The van der Waals surface area contributed by atoms with Crippen LogP contribution in [0.5, 0.6) is 0 Å².